The average molecular weight is 284 g/mol. The van der Waals surface area contributed by atoms with E-state index >= 15 is 0 Å². The average Bonchev–Trinajstić information content (AvgIpc) is 2.83. The van der Waals surface area contributed by atoms with Gasteiger partial charge in [0.1, 0.15) is 0 Å². The van der Waals surface area contributed by atoms with E-state index in [-0.39, 0.29) is 17.5 Å². The Hall–Kier alpha value is -1.14. The number of nitrogens with zero attached hydrogens (tertiary/aromatic N) is 1. The number of aromatic nitrogens is 1. The summed E-state index contributed by atoms with van der Waals surface area (Å²) in [5.74, 6) is -0.366. The molecule has 1 aliphatic rings. The van der Waals surface area contributed by atoms with Crippen LogP contribution in [0.25, 0.3) is 0 Å². The number of thiazole rings is 1. The lowest BCUT2D eigenvalue weighted by molar-refractivity contribution is -0.0794. The molecule has 6 heteroatoms. The minimum absolute atomic E-state index is 0.0739. The fourth-order valence-electron chi connectivity index (χ4n) is 2.32. The van der Waals surface area contributed by atoms with Crippen molar-refractivity contribution in [3.05, 3.63) is 11.1 Å². The molecule has 19 heavy (non-hydrogen) atoms. The molecular formula is C13H20N2O3S. The molecule has 1 aliphatic carbocycles. The molecule has 0 amide bonds. The number of anilines is 1. The topological polar surface area (TPSA) is 60.5 Å². The van der Waals surface area contributed by atoms with Crippen LogP contribution in [0.5, 0.6) is 0 Å². The summed E-state index contributed by atoms with van der Waals surface area (Å²) in [6.45, 7) is 6.49. The fourth-order valence-corrected chi connectivity index (χ4v) is 3.05. The number of nitrogens with one attached hydrogen (secondary N) is 1. The monoisotopic (exact) mass is 284 g/mol. The van der Waals surface area contributed by atoms with Crippen LogP contribution in [0.1, 0.15) is 37.7 Å². The number of hydrogen-bond acceptors (Lipinski definition) is 6. The van der Waals surface area contributed by atoms with Crippen molar-refractivity contribution < 1.29 is 14.3 Å². The van der Waals surface area contributed by atoms with Crippen molar-refractivity contribution in [3.63, 3.8) is 0 Å². The summed E-state index contributed by atoms with van der Waals surface area (Å²) in [6, 6.07) is 0.318. The number of rotatable bonds is 5. The summed E-state index contributed by atoms with van der Waals surface area (Å²) < 4.78 is 10.3. The van der Waals surface area contributed by atoms with Crippen LogP contribution in [0.4, 0.5) is 5.13 Å². The minimum atomic E-state index is -0.366. The van der Waals surface area contributed by atoms with Crippen molar-refractivity contribution in [2.75, 3.05) is 19.0 Å². The van der Waals surface area contributed by atoms with Gasteiger partial charge in [-0.05, 0) is 13.3 Å². The molecule has 5 nitrogen and oxygen atoms in total. The molecule has 2 unspecified atom stereocenters. The number of carbonyl (C=O) groups is 1. The van der Waals surface area contributed by atoms with Gasteiger partial charge in [0.2, 0.25) is 0 Å². The molecule has 1 aromatic heterocycles. The predicted molar refractivity (Wildman–Crippen MR) is 74.7 cm³/mol. The predicted octanol–water partition coefficient (Wildman–Crippen LogP) is 2.55. The minimum Gasteiger partial charge on any atom is -0.461 e. The SMILES string of the molecule is CCOC(=O)c1csc(NC2CC(OC)C2(C)C)n1. The lowest BCUT2D eigenvalue weighted by Gasteiger charge is -2.51. The van der Waals surface area contributed by atoms with E-state index in [9.17, 15) is 4.79 Å². The normalized spacial score (nSPS) is 24.6. The summed E-state index contributed by atoms with van der Waals surface area (Å²) in [4.78, 5) is 15.8. The quantitative estimate of drug-likeness (QED) is 0.842. The van der Waals surface area contributed by atoms with Crippen molar-refractivity contribution in [3.8, 4) is 0 Å². The van der Waals surface area contributed by atoms with E-state index in [1.54, 1.807) is 19.4 Å². The molecule has 1 saturated carbocycles. The summed E-state index contributed by atoms with van der Waals surface area (Å²) in [5, 5.41) is 5.85. The Morgan fingerprint density at radius 1 is 1.63 bits per heavy atom. The molecule has 0 saturated heterocycles. The van der Waals surface area contributed by atoms with E-state index < -0.39 is 0 Å². The van der Waals surface area contributed by atoms with Gasteiger partial charge in [0, 0.05) is 23.9 Å². The molecule has 0 aliphatic heterocycles. The van der Waals surface area contributed by atoms with Crippen LogP contribution >= 0.6 is 11.3 Å². The number of ether oxygens (including phenoxy) is 2. The van der Waals surface area contributed by atoms with Gasteiger partial charge in [-0.3, -0.25) is 0 Å². The number of carbonyl (C=O) groups excluding carboxylic acids is 1. The second-order valence-electron chi connectivity index (χ2n) is 5.24. The highest BCUT2D eigenvalue weighted by molar-refractivity contribution is 7.13. The van der Waals surface area contributed by atoms with Gasteiger partial charge in [-0.1, -0.05) is 13.8 Å². The summed E-state index contributed by atoms with van der Waals surface area (Å²) in [7, 11) is 1.74. The Morgan fingerprint density at radius 2 is 2.37 bits per heavy atom. The highest BCUT2D eigenvalue weighted by Gasteiger charge is 2.48. The summed E-state index contributed by atoms with van der Waals surface area (Å²) in [5.41, 5.74) is 0.444. The Bertz CT molecular complexity index is 458. The molecule has 1 heterocycles. The first-order valence-corrected chi connectivity index (χ1v) is 7.29. The first kappa shape index (κ1) is 14.3. The first-order chi connectivity index (χ1) is 8.98. The van der Waals surface area contributed by atoms with Crippen LogP contribution < -0.4 is 5.32 Å². The van der Waals surface area contributed by atoms with E-state index in [1.807, 2.05) is 0 Å². The fraction of sp³-hybridized carbons (Fsp3) is 0.692. The third-order valence-electron chi connectivity index (χ3n) is 3.75. The Kier molecular flexibility index (Phi) is 4.10. The van der Waals surface area contributed by atoms with Gasteiger partial charge in [0.15, 0.2) is 10.8 Å². The summed E-state index contributed by atoms with van der Waals surface area (Å²) in [6.07, 6.45) is 1.23. The second-order valence-corrected chi connectivity index (χ2v) is 6.09. The van der Waals surface area contributed by atoms with E-state index in [0.29, 0.717) is 18.3 Å². The third kappa shape index (κ3) is 2.74. The molecule has 0 bridgehead atoms. The standard InChI is InChI=1S/C13H20N2O3S/c1-5-18-11(16)8-7-19-12(14-8)15-9-6-10(17-4)13(9,2)3/h7,9-10H,5-6H2,1-4H3,(H,14,15). The van der Waals surface area contributed by atoms with Crippen LogP contribution in [0.2, 0.25) is 0 Å². The molecule has 2 atom stereocenters. The molecule has 1 aromatic rings. The van der Waals surface area contributed by atoms with Crippen molar-refractivity contribution >= 4 is 22.4 Å². The van der Waals surface area contributed by atoms with Gasteiger partial charge < -0.3 is 14.8 Å². The van der Waals surface area contributed by atoms with Crippen molar-refractivity contribution in [1.29, 1.82) is 0 Å². The van der Waals surface area contributed by atoms with Crippen LogP contribution in [-0.4, -0.2) is 36.8 Å². The number of esters is 1. The molecule has 2 rings (SSSR count). The Morgan fingerprint density at radius 3 is 2.95 bits per heavy atom. The maximum absolute atomic E-state index is 11.5. The van der Waals surface area contributed by atoms with Gasteiger partial charge in [0.25, 0.3) is 0 Å². The first-order valence-electron chi connectivity index (χ1n) is 6.41. The van der Waals surface area contributed by atoms with E-state index in [1.165, 1.54) is 11.3 Å². The molecule has 1 N–H and O–H groups in total. The smallest absolute Gasteiger partial charge is 0.357 e. The highest BCUT2D eigenvalue weighted by atomic mass is 32.1. The largest absolute Gasteiger partial charge is 0.461 e. The van der Waals surface area contributed by atoms with Crippen molar-refractivity contribution in [1.82, 2.24) is 4.98 Å². The van der Waals surface area contributed by atoms with Crippen molar-refractivity contribution in [2.24, 2.45) is 5.41 Å². The van der Waals surface area contributed by atoms with Crippen molar-refractivity contribution in [2.45, 2.75) is 39.3 Å². The van der Waals surface area contributed by atoms with Crippen LogP contribution in [-0.2, 0) is 9.47 Å². The molecule has 0 radical (unpaired) electrons. The number of methoxy groups -OCH3 is 1. The Labute approximate surface area is 117 Å². The van der Waals surface area contributed by atoms with E-state index in [0.717, 1.165) is 11.6 Å². The molecular weight excluding hydrogens is 264 g/mol. The maximum Gasteiger partial charge on any atom is 0.357 e. The zero-order valence-electron chi connectivity index (χ0n) is 11.7. The lowest BCUT2D eigenvalue weighted by atomic mass is 9.64. The summed E-state index contributed by atoms with van der Waals surface area (Å²) >= 11 is 1.43. The van der Waals surface area contributed by atoms with Gasteiger partial charge in [0.05, 0.1) is 12.7 Å². The maximum atomic E-state index is 11.5. The van der Waals surface area contributed by atoms with Gasteiger partial charge in [-0.2, -0.15) is 0 Å². The molecule has 0 spiro atoms. The van der Waals surface area contributed by atoms with E-state index in [4.69, 9.17) is 9.47 Å². The van der Waals surface area contributed by atoms with Gasteiger partial charge in [-0.15, -0.1) is 11.3 Å². The van der Waals surface area contributed by atoms with Crippen LogP contribution in [0, 0.1) is 5.41 Å². The highest BCUT2D eigenvalue weighted by Crippen LogP contribution is 2.44. The van der Waals surface area contributed by atoms with Crippen LogP contribution in [0.15, 0.2) is 5.38 Å². The molecule has 0 aromatic carbocycles. The van der Waals surface area contributed by atoms with E-state index in [2.05, 4.69) is 24.1 Å². The third-order valence-corrected chi connectivity index (χ3v) is 4.52. The zero-order chi connectivity index (χ0) is 14.0. The zero-order valence-corrected chi connectivity index (χ0v) is 12.5. The van der Waals surface area contributed by atoms with Gasteiger partial charge >= 0.3 is 5.97 Å². The lowest BCUT2D eigenvalue weighted by Crippen LogP contribution is -2.57. The van der Waals surface area contributed by atoms with Gasteiger partial charge in [-0.25, -0.2) is 9.78 Å². The Balaban J connectivity index is 1.96. The molecule has 106 valence electrons. The molecule has 1 fully saturated rings. The number of hydrogen-bond donors (Lipinski definition) is 1. The van der Waals surface area contributed by atoms with Crippen LogP contribution in [0.3, 0.4) is 0 Å². The second kappa shape index (κ2) is 5.46.